The van der Waals surface area contributed by atoms with E-state index in [4.69, 9.17) is 0 Å². The minimum Gasteiger partial charge on any atom is -0.312 e. The van der Waals surface area contributed by atoms with Crippen molar-refractivity contribution in [1.29, 1.82) is 0 Å². The van der Waals surface area contributed by atoms with Gasteiger partial charge in [-0.2, -0.15) is 5.10 Å². The highest BCUT2D eigenvalue weighted by molar-refractivity contribution is 6.02. The van der Waals surface area contributed by atoms with Gasteiger partial charge in [-0.3, -0.25) is 9.59 Å². The summed E-state index contributed by atoms with van der Waals surface area (Å²) in [5.74, 6) is 0.290. The fourth-order valence-electron chi connectivity index (χ4n) is 3.40. The predicted molar refractivity (Wildman–Crippen MR) is 104 cm³/mol. The number of hydrogen-bond donors (Lipinski definition) is 1. The standard InChI is InChI=1S/C21H25N3O2/c1-14(2)17-8-11-19(15(3)13-17)22-23-21(26)16-6-9-18(10-7-16)24-12-4-5-20(24)25/h6-7,9-10,13,17H,1,4-5,8,11-12H2,2-3H3,(H,23,26). The first kappa shape index (κ1) is 18.1. The quantitative estimate of drug-likeness (QED) is 0.662. The third-order valence-electron chi connectivity index (χ3n) is 5.04. The number of nitrogens with zero attached hydrogens (tertiary/aromatic N) is 2. The number of hydrazone groups is 1. The molecular weight excluding hydrogens is 326 g/mol. The molecule has 2 amide bonds. The maximum absolute atomic E-state index is 12.3. The Kier molecular flexibility index (Phi) is 5.35. The zero-order valence-electron chi connectivity index (χ0n) is 15.4. The van der Waals surface area contributed by atoms with E-state index in [-0.39, 0.29) is 11.8 Å². The molecular formula is C21H25N3O2. The van der Waals surface area contributed by atoms with Gasteiger partial charge in [0.25, 0.3) is 5.91 Å². The van der Waals surface area contributed by atoms with Crippen molar-refractivity contribution in [1.82, 2.24) is 5.43 Å². The number of rotatable bonds is 4. The molecule has 1 N–H and O–H groups in total. The van der Waals surface area contributed by atoms with Crippen molar-refractivity contribution >= 4 is 23.2 Å². The minimum atomic E-state index is -0.244. The maximum Gasteiger partial charge on any atom is 0.271 e. The van der Waals surface area contributed by atoms with Crippen LogP contribution in [0.3, 0.4) is 0 Å². The molecule has 26 heavy (non-hydrogen) atoms. The number of nitrogens with one attached hydrogen (secondary N) is 1. The SMILES string of the molecule is C=C(C)C1C=C(C)C(=NNC(=O)c2ccc(N3CCCC3=O)cc2)CC1. The Morgan fingerprint density at radius 2 is 2.00 bits per heavy atom. The Labute approximate surface area is 154 Å². The Balaban J connectivity index is 1.64. The summed E-state index contributed by atoms with van der Waals surface area (Å²) in [6, 6.07) is 7.09. The third kappa shape index (κ3) is 3.93. The number of carbonyl (C=O) groups excluding carboxylic acids is 2. The molecule has 0 saturated carbocycles. The number of amides is 2. The van der Waals surface area contributed by atoms with Crippen molar-refractivity contribution in [3.63, 3.8) is 0 Å². The zero-order valence-corrected chi connectivity index (χ0v) is 15.4. The first-order chi connectivity index (χ1) is 12.5. The Bertz CT molecular complexity index is 790. The molecule has 1 aromatic carbocycles. The van der Waals surface area contributed by atoms with Crippen molar-refractivity contribution in [2.24, 2.45) is 11.0 Å². The lowest BCUT2D eigenvalue weighted by molar-refractivity contribution is -0.117. The second kappa shape index (κ2) is 7.68. The van der Waals surface area contributed by atoms with Crippen LogP contribution >= 0.6 is 0 Å². The van der Waals surface area contributed by atoms with Crippen LogP contribution in [0.15, 0.2) is 53.2 Å². The number of allylic oxidation sites excluding steroid dienone is 3. The summed E-state index contributed by atoms with van der Waals surface area (Å²) < 4.78 is 0. The average molecular weight is 351 g/mol. The van der Waals surface area contributed by atoms with Crippen LogP contribution in [0.2, 0.25) is 0 Å². The molecule has 0 aromatic heterocycles. The molecule has 1 unspecified atom stereocenters. The third-order valence-corrected chi connectivity index (χ3v) is 5.04. The van der Waals surface area contributed by atoms with Gasteiger partial charge in [-0.25, -0.2) is 5.43 Å². The topological polar surface area (TPSA) is 61.8 Å². The summed E-state index contributed by atoms with van der Waals surface area (Å²) in [5.41, 5.74) is 7.17. The van der Waals surface area contributed by atoms with Crippen molar-refractivity contribution in [3.8, 4) is 0 Å². The molecule has 0 radical (unpaired) electrons. The van der Waals surface area contributed by atoms with Crippen LogP contribution < -0.4 is 10.3 Å². The number of anilines is 1. The van der Waals surface area contributed by atoms with Gasteiger partial charge in [-0.1, -0.05) is 18.2 Å². The van der Waals surface area contributed by atoms with Gasteiger partial charge in [0, 0.05) is 24.2 Å². The lowest BCUT2D eigenvalue weighted by Gasteiger charge is -2.21. The maximum atomic E-state index is 12.3. The van der Waals surface area contributed by atoms with Gasteiger partial charge in [0.15, 0.2) is 0 Å². The molecule has 1 aliphatic heterocycles. The molecule has 1 saturated heterocycles. The zero-order chi connectivity index (χ0) is 18.7. The fraction of sp³-hybridized carbons (Fsp3) is 0.381. The van der Waals surface area contributed by atoms with Crippen LogP contribution in [-0.2, 0) is 4.79 Å². The minimum absolute atomic E-state index is 0.140. The van der Waals surface area contributed by atoms with E-state index in [1.165, 1.54) is 0 Å². The lowest BCUT2D eigenvalue weighted by Crippen LogP contribution is -2.24. The van der Waals surface area contributed by atoms with Crippen molar-refractivity contribution in [2.45, 2.75) is 39.5 Å². The van der Waals surface area contributed by atoms with Crippen LogP contribution in [0.4, 0.5) is 5.69 Å². The Morgan fingerprint density at radius 1 is 1.27 bits per heavy atom. The van der Waals surface area contributed by atoms with Gasteiger partial charge in [-0.15, -0.1) is 0 Å². The Hall–Kier alpha value is -2.69. The molecule has 1 aromatic rings. The van der Waals surface area contributed by atoms with E-state index in [9.17, 15) is 9.59 Å². The van der Waals surface area contributed by atoms with Crippen LogP contribution in [0.5, 0.6) is 0 Å². The van der Waals surface area contributed by atoms with E-state index < -0.39 is 0 Å². The largest absolute Gasteiger partial charge is 0.312 e. The summed E-state index contributed by atoms with van der Waals surface area (Å²) in [7, 11) is 0. The first-order valence-electron chi connectivity index (χ1n) is 9.07. The molecule has 0 spiro atoms. The Morgan fingerprint density at radius 3 is 2.58 bits per heavy atom. The van der Waals surface area contributed by atoms with Gasteiger partial charge in [0.05, 0.1) is 5.71 Å². The van der Waals surface area contributed by atoms with E-state index in [2.05, 4.69) is 23.2 Å². The van der Waals surface area contributed by atoms with Crippen molar-refractivity contribution in [3.05, 3.63) is 53.6 Å². The highest BCUT2D eigenvalue weighted by atomic mass is 16.2. The number of carbonyl (C=O) groups is 2. The predicted octanol–water partition coefficient (Wildman–Crippen LogP) is 3.83. The van der Waals surface area contributed by atoms with Gasteiger partial charge in [0.2, 0.25) is 5.91 Å². The van der Waals surface area contributed by atoms with E-state index in [1.807, 2.05) is 26.0 Å². The second-order valence-corrected chi connectivity index (χ2v) is 7.04. The normalized spacial score (nSPS) is 21.7. The van der Waals surface area contributed by atoms with Gasteiger partial charge >= 0.3 is 0 Å². The van der Waals surface area contributed by atoms with Crippen LogP contribution in [0.25, 0.3) is 0 Å². The molecule has 5 nitrogen and oxygen atoms in total. The highest BCUT2D eigenvalue weighted by Crippen LogP contribution is 2.26. The monoisotopic (exact) mass is 351 g/mol. The van der Waals surface area contributed by atoms with Crippen LogP contribution in [0.1, 0.15) is 49.9 Å². The summed E-state index contributed by atoms with van der Waals surface area (Å²) in [6.45, 7) is 8.81. The average Bonchev–Trinajstić information content (AvgIpc) is 3.06. The van der Waals surface area contributed by atoms with E-state index in [0.717, 1.165) is 48.4 Å². The van der Waals surface area contributed by atoms with Gasteiger partial charge in [0.1, 0.15) is 0 Å². The van der Waals surface area contributed by atoms with E-state index in [0.29, 0.717) is 17.9 Å². The van der Waals surface area contributed by atoms with Crippen LogP contribution in [-0.4, -0.2) is 24.1 Å². The summed E-state index contributed by atoms with van der Waals surface area (Å²) in [6.07, 6.45) is 5.45. The number of hydrogen-bond acceptors (Lipinski definition) is 3. The van der Waals surface area contributed by atoms with Crippen molar-refractivity contribution < 1.29 is 9.59 Å². The van der Waals surface area contributed by atoms with Crippen LogP contribution in [0, 0.1) is 5.92 Å². The number of benzene rings is 1. The van der Waals surface area contributed by atoms with Gasteiger partial charge in [-0.05, 0) is 68.9 Å². The summed E-state index contributed by atoms with van der Waals surface area (Å²) in [4.78, 5) is 25.9. The summed E-state index contributed by atoms with van der Waals surface area (Å²) >= 11 is 0. The molecule has 1 aliphatic carbocycles. The van der Waals surface area contributed by atoms with Gasteiger partial charge < -0.3 is 4.90 Å². The molecule has 5 heteroatoms. The molecule has 2 aliphatic rings. The molecule has 136 valence electrons. The second-order valence-electron chi connectivity index (χ2n) is 7.04. The van der Waals surface area contributed by atoms with E-state index in [1.54, 1.807) is 17.0 Å². The molecule has 1 atom stereocenters. The molecule has 3 rings (SSSR count). The van der Waals surface area contributed by atoms with Crippen molar-refractivity contribution in [2.75, 3.05) is 11.4 Å². The molecule has 1 heterocycles. The lowest BCUT2D eigenvalue weighted by atomic mass is 9.86. The smallest absolute Gasteiger partial charge is 0.271 e. The summed E-state index contributed by atoms with van der Waals surface area (Å²) in [5, 5.41) is 4.30. The molecule has 1 fully saturated rings. The first-order valence-corrected chi connectivity index (χ1v) is 9.07. The highest BCUT2D eigenvalue weighted by Gasteiger charge is 2.22. The van der Waals surface area contributed by atoms with E-state index >= 15 is 0 Å². The fourth-order valence-corrected chi connectivity index (χ4v) is 3.40. The molecule has 0 bridgehead atoms.